The van der Waals surface area contributed by atoms with Gasteiger partial charge in [-0.2, -0.15) is 5.10 Å². The van der Waals surface area contributed by atoms with E-state index in [1.807, 2.05) is 0 Å². The Morgan fingerprint density at radius 3 is 2.74 bits per heavy atom. The number of halogens is 3. The summed E-state index contributed by atoms with van der Waals surface area (Å²) in [7, 11) is 0. The molecule has 4 N–H and O–H groups in total. The number of aliphatic imine (C=N–C) groups is 1. The highest BCUT2D eigenvalue weighted by molar-refractivity contribution is 6.45. The summed E-state index contributed by atoms with van der Waals surface area (Å²) >= 11 is 0. The summed E-state index contributed by atoms with van der Waals surface area (Å²) in [6.45, 7) is 0. The molecule has 1 aromatic heterocycles. The van der Waals surface area contributed by atoms with Crippen molar-refractivity contribution in [1.82, 2.24) is 4.98 Å². The van der Waals surface area contributed by atoms with Crippen LogP contribution >= 0.6 is 0 Å². The number of nitrogens with zero attached hydrogens (tertiary/aromatic N) is 3. The topological polar surface area (TPSA) is 89.6 Å². The van der Waals surface area contributed by atoms with Gasteiger partial charge in [0.05, 0.1) is 17.5 Å². The number of rotatable bonds is 4. The lowest BCUT2D eigenvalue weighted by Gasteiger charge is -2.21. The van der Waals surface area contributed by atoms with E-state index in [4.69, 9.17) is 11.6 Å². The van der Waals surface area contributed by atoms with Gasteiger partial charge in [0, 0.05) is 11.8 Å². The zero-order valence-corrected chi connectivity index (χ0v) is 14.6. The maximum atomic E-state index is 13.6. The van der Waals surface area contributed by atoms with Gasteiger partial charge in [0.15, 0.2) is 5.82 Å². The zero-order valence-electron chi connectivity index (χ0n) is 14.6. The van der Waals surface area contributed by atoms with E-state index < -0.39 is 12.2 Å². The van der Waals surface area contributed by atoms with Crippen molar-refractivity contribution in [3.05, 3.63) is 59.0 Å². The van der Waals surface area contributed by atoms with Crippen molar-refractivity contribution >= 4 is 17.2 Å². The van der Waals surface area contributed by atoms with Crippen LogP contribution in [0.4, 0.5) is 19.0 Å². The van der Waals surface area contributed by atoms with E-state index >= 15 is 0 Å². The van der Waals surface area contributed by atoms with E-state index in [-0.39, 0.29) is 18.0 Å². The van der Waals surface area contributed by atoms with Crippen LogP contribution < -0.4 is 11.6 Å². The summed E-state index contributed by atoms with van der Waals surface area (Å²) < 4.78 is 39.3. The molecule has 1 aliphatic rings. The third-order valence-electron chi connectivity index (χ3n) is 4.41. The first-order valence-electron chi connectivity index (χ1n) is 8.60. The Morgan fingerprint density at radius 1 is 1.19 bits per heavy atom. The van der Waals surface area contributed by atoms with Gasteiger partial charge in [-0.3, -0.25) is 0 Å². The molecule has 0 radical (unpaired) electrons. The molecule has 2 aromatic rings. The number of hydrogen-bond acceptors (Lipinski definition) is 5. The molecule has 1 heterocycles. The highest BCUT2D eigenvalue weighted by Crippen LogP contribution is 2.24. The Labute approximate surface area is 155 Å². The van der Waals surface area contributed by atoms with E-state index in [0.29, 0.717) is 29.2 Å². The van der Waals surface area contributed by atoms with Crippen LogP contribution in [-0.4, -0.2) is 22.4 Å². The fraction of sp³-hybridized carbons (Fsp3) is 0.316. The normalized spacial score (nSPS) is 20.6. The number of hydrazone groups is 1. The second-order valence-corrected chi connectivity index (χ2v) is 6.46. The van der Waals surface area contributed by atoms with E-state index in [1.54, 1.807) is 18.3 Å². The SMILES string of the molecule is N/N=C1\C(=Nc2cc(Cc3cc(F)cc(C(F)F)c3)ccn2)CCCC1N. The predicted molar refractivity (Wildman–Crippen MR) is 98.9 cm³/mol. The Morgan fingerprint density at radius 2 is 2.00 bits per heavy atom. The molecule has 0 aliphatic heterocycles. The van der Waals surface area contributed by atoms with Crippen molar-refractivity contribution in [2.45, 2.75) is 38.2 Å². The van der Waals surface area contributed by atoms with Crippen molar-refractivity contribution in [1.29, 1.82) is 0 Å². The Balaban J connectivity index is 1.85. The van der Waals surface area contributed by atoms with E-state index in [1.165, 1.54) is 12.1 Å². The van der Waals surface area contributed by atoms with Crippen LogP contribution in [0.1, 0.15) is 42.4 Å². The number of hydrogen-bond donors (Lipinski definition) is 2. The van der Waals surface area contributed by atoms with Gasteiger partial charge in [-0.05, 0) is 67.1 Å². The molecule has 0 saturated heterocycles. The molecule has 5 nitrogen and oxygen atoms in total. The van der Waals surface area contributed by atoms with Crippen LogP contribution in [0.2, 0.25) is 0 Å². The average Bonchev–Trinajstić information content (AvgIpc) is 2.62. The summed E-state index contributed by atoms with van der Waals surface area (Å²) in [4.78, 5) is 8.72. The second kappa shape index (κ2) is 8.30. The Kier molecular flexibility index (Phi) is 5.85. The van der Waals surface area contributed by atoms with Gasteiger partial charge in [-0.25, -0.2) is 23.1 Å². The zero-order chi connectivity index (χ0) is 19.4. The molecule has 1 fully saturated rings. The number of alkyl halides is 2. The molecule has 1 unspecified atom stereocenters. The summed E-state index contributed by atoms with van der Waals surface area (Å²) in [6.07, 6.45) is 1.53. The lowest BCUT2D eigenvalue weighted by Crippen LogP contribution is -2.40. The number of nitrogens with two attached hydrogens (primary N) is 2. The van der Waals surface area contributed by atoms with Gasteiger partial charge in [0.25, 0.3) is 6.43 Å². The smallest absolute Gasteiger partial charge is 0.263 e. The first kappa shape index (κ1) is 19.0. The molecule has 3 rings (SSSR count). The third-order valence-corrected chi connectivity index (χ3v) is 4.41. The van der Waals surface area contributed by atoms with Crippen LogP contribution in [0.5, 0.6) is 0 Å². The predicted octanol–water partition coefficient (Wildman–Crippen LogP) is 3.65. The van der Waals surface area contributed by atoms with Crippen LogP contribution in [-0.2, 0) is 6.42 Å². The molecule has 1 aliphatic carbocycles. The Bertz CT molecular complexity index is 879. The number of benzene rings is 1. The molecule has 142 valence electrons. The van der Waals surface area contributed by atoms with E-state index in [2.05, 4.69) is 15.1 Å². The quantitative estimate of drug-likeness (QED) is 0.631. The minimum atomic E-state index is -2.72. The van der Waals surface area contributed by atoms with Crippen molar-refractivity contribution in [2.24, 2.45) is 21.7 Å². The van der Waals surface area contributed by atoms with Crippen LogP contribution in [0.3, 0.4) is 0 Å². The number of aromatic nitrogens is 1. The fourth-order valence-electron chi connectivity index (χ4n) is 3.16. The van der Waals surface area contributed by atoms with Crippen LogP contribution in [0.15, 0.2) is 46.6 Å². The Hall–Kier alpha value is -2.74. The minimum Gasteiger partial charge on any atom is -0.323 e. The summed E-state index contributed by atoms with van der Waals surface area (Å²) in [6, 6.07) is 6.62. The van der Waals surface area contributed by atoms with Gasteiger partial charge in [0.1, 0.15) is 5.82 Å². The van der Waals surface area contributed by atoms with Gasteiger partial charge in [-0.1, -0.05) is 0 Å². The average molecular weight is 375 g/mol. The fourth-order valence-corrected chi connectivity index (χ4v) is 3.16. The molecule has 0 bridgehead atoms. The maximum absolute atomic E-state index is 13.6. The molecule has 8 heteroatoms. The lowest BCUT2D eigenvalue weighted by atomic mass is 9.92. The van der Waals surface area contributed by atoms with Crippen molar-refractivity contribution in [3.8, 4) is 0 Å². The van der Waals surface area contributed by atoms with Crippen molar-refractivity contribution in [2.75, 3.05) is 0 Å². The van der Waals surface area contributed by atoms with Crippen LogP contribution in [0.25, 0.3) is 0 Å². The molecule has 1 atom stereocenters. The van der Waals surface area contributed by atoms with E-state index in [9.17, 15) is 13.2 Å². The minimum absolute atomic E-state index is 0.245. The molecule has 27 heavy (non-hydrogen) atoms. The summed E-state index contributed by atoms with van der Waals surface area (Å²) in [5.41, 5.74) is 8.18. The number of pyridine rings is 1. The molecule has 0 amide bonds. The summed E-state index contributed by atoms with van der Waals surface area (Å²) in [5.74, 6) is 5.20. The largest absolute Gasteiger partial charge is 0.323 e. The third kappa shape index (κ3) is 4.71. The molecule has 1 saturated carbocycles. The van der Waals surface area contributed by atoms with Crippen LogP contribution in [0, 0.1) is 5.82 Å². The van der Waals surface area contributed by atoms with Crippen molar-refractivity contribution in [3.63, 3.8) is 0 Å². The molecular weight excluding hydrogens is 355 g/mol. The van der Waals surface area contributed by atoms with Gasteiger partial charge >= 0.3 is 0 Å². The van der Waals surface area contributed by atoms with Gasteiger partial charge < -0.3 is 11.6 Å². The van der Waals surface area contributed by atoms with Crippen molar-refractivity contribution < 1.29 is 13.2 Å². The highest BCUT2D eigenvalue weighted by atomic mass is 19.3. The first-order valence-corrected chi connectivity index (χ1v) is 8.60. The van der Waals surface area contributed by atoms with Gasteiger partial charge in [0.2, 0.25) is 0 Å². The van der Waals surface area contributed by atoms with E-state index in [0.717, 1.165) is 24.5 Å². The molecule has 1 aromatic carbocycles. The second-order valence-electron chi connectivity index (χ2n) is 6.46. The molecular formula is C19H20F3N5. The first-order chi connectivity index (χ1) is 13.0. The molecule has 0 spiro atoms. The lowest BCUT2D eigenvalue weighted by molar-refractivity contribution is 0.151. The highest BCUT2D eigenvalue weighted by Gasteiger charge is 2.22. The monoisotopic (exact) mass is 375 g/mol. The summed E-state index contributed by atoms with van der Waals surface area (Å²) in [5, 5.41) is 3.75. The maximum Gasteiger partial charge on any atom is 0.263 e. The standard InChI is InChI=1S/C19H20F3N5/c20-14-8-12(7-13(10-14)19(21)22)6-11-4-5-25-17(9-11)26-16-3-1-2-15(23)18(16)27-24/h4-5,7-10,15,19H,1-3,6,23-24H2/b26-16?,27-18-. The van der Waals surface area contributed by atoms with Gasteiger partial charge in [-0.15, -0.1) is 0 Å².